The zero-order valence-corrected chi connectivity index (χ0v) is 15.3. The zero-order chi connectivity index (χ0) is 18.4. The molecule has 3 rings (SSSR count). The maximum Gasteiger partial charge on any atom is 0.261 e. The first-order valence-corrected chi connectivity index (χ1v) is 9.46. The molecule has 1 atom stereocenters. The number of halogens is 1. The number of fused-ring (bicyclic) bond motifs is 1. The van der Waals surface area contributed by atoms with E-state index in [2.05, 4.69) is 17.4 Å². The molecule has 0 saturated carbocycles. The molecule has 0 aliphatic heterocycles. The third-order valence-corrected chi connectivity index (χ3v) is 4.89. The number of amides is 1. The number of benzene rings is 2. The normalized spacial score (nSPS) is 14.4. The SMILES string of the molecule is CC[C@@H](Oc1ccc2c(c1)CCCC2)C(=O)NCCc1ccc(F)cc1. The summed E-state index contributed by atoms with van der Waals surface area (Å²) in [5, 5.41) is 2.92. The maximum absolute atomic E-state index is 12.9. The molecule has 0 bridgehead atoms. The van der Waals surface area contributed by atoms with E-state index >= 15 is 0 Å². The Morgan fingerprint density at radius 3 is 2.58 bits per heavy atom. The lowest BCUT2D eigenvalue weighted by Gasteiger charge is -2.20. The molecular weight excluding hydrogens is 329 g/mol. The minimum Gasteiger partial charge on any atom is -0.481 e. The number of hydrogen-bond acceptors (Lipinski definition) is 2. The van der Waals surface area contributed by atoms with E-state index < -0.39 is 6.10 Å². The summed E-state index contributed by atoms with van der Waals surface area (Å²) in [6.45, 7) is 2.46. The minimum absolute atomic E-state index is 0.104. The molecule has 1 aliphatic rings. The van der Waals surface area contributed by atoms with E-state index in [-0.39, 0.29) is 11.7 Å². The lowest BCUT2D eigenvalue weighted by atomic mass is 9.92. The Balaban J connectivity index is 1.52. The fraction of sp³-hybridized carbons (Fsp3) is 0.409. The number of ether oxygens (including phenoxy) is 1. The van der Waals surface area contributed by atoms with Crippen LogP contribution in [0.3, 0.4) is 0 Å². The molecule has 26 heavy (non-hydrogen) atoms. The van der Waals surface area contributed by atoms with Gasteiger partial charge in [-0.05, 0) is 79.5 Å². The summed E-state index contributed by atoms with van der Waals surface area (Å²) in [6, 6.07) is 12.5. The van der Waals surface area contributed by atoms with Crippen LogP contribution in [0.15, 0.2) is 42.5 Å². The van der Waals surface area contributed by atoms with Crippen LogP contribution in [0.2, 0.25) is 0 Å². The predicted molar refractivity (Wildman–Crippen MR) is 101 cm³/mol. The number of rotatable bonds is 7. The summed E-state index contributed by atoms with van der Waals surface area (Å²) in [5.74, 6) is 0.417. The van der Waals surface area contributed by atoms with Crippen molar-refractivity contribution in [3.63, 3.8) is 0 Å². The van der Waals surface area contributed by atoms with Gasteiger partial charge in [0.2, 0.25) is 0 Å². The molecule has 2 aromatic rings. The van der Waals surface area contributed by atoms with Gasteiger partial charge in [-0.15, -0.1) is 0 Å². The molecule has 3 nitrogen and oxygen atoms in total. The first kappa shape index (κ1) is 18.4. The second-order valence-corrected chi connectivity index (χ2v) is 6.82. The molecule has 138 valence electrons. The van der Waals surface area contributed by atoms with E-state index in [0.717, 1.165) is 24.2 Å². The van der Waals surface area contributed by atoms with Crippen LogP contribution in [0.25, 0.3) is 0 Å². The van der Waals surface area contributed by atoms with Gasteiger partial charge in [0.05, 0.1) is 0 Å². The van der Waals surface area contributed by atoms with Crippen molar-refractivity contribution in [1.29, 1.82) is 0 Å². The summed E-state index contributed by atoms with van der Waals surface area (Å²) >= 11 is 0. The maximum atomic E-state index is 12.9. The van der Waals surface area contributed by atoms with Crippen molar-refractivity contribution in [3.05, 3.63) is 65.0 Å². The van der Waals surface area contributed by atoms with Crippen LogP contribution in [0.5, 0.6) is 5.75 Å². The summed E-state index contributed by atoms with van der Waals surface area (Å²) in [5.41, 5.74) is 3.75. The van der Waals surface area contributed by atoms with Gasteiger partial charge in [0.25, 0.3) is 5.91 Å². The number of carbonyl (C=O) groups is 1. The first-order chi connectivity index (χ1) is 12.7. The Morgan fingerprint density at radius 1 is 1.12 bits per heavy atom. The van der Waals surface area contributed by atoms with Crippen molar-refractivity contribution in [1.82, 2.24) is 5.32 Å². The highest BCUT2D eigenvalue weighted by Gasteiger charge is 2.19. The lowest BCUT2D eigenvalue weighted by Crippen LogP contribution is -2.39. The van der Waals surface area contributed by atoms with Crippen molar-refractivity contribution in [2.75, 3.05) is 6.54 Å². The van der Waals surface area contributed by atoms with E-state index in [4.69, 9.17) is 4.74 Å². The third kappa shape index (κ3) is 4.84. The van der Waals surface area contributed by atoms with Crippen molar-refractivity contribution in [2.24, 2.45) is 0 Å². The first-order valence-electron chi connectivity index (χ1n) is 9.46. The van der Waals surface area contributed by atoms with Crippen LogP contribution in [0.1, 0.15) is 42.9 Å². The standard InChI is InChI=1S/C22H26FNO2/c1-2-21(22(25)24-14-13-16-7-10-19(23)11-8-16)26-20-12-9-17-5-3-4-6-18(17)15-20/h7-12,15,21H,2-6,13-14H2,1H3,(H,24,25)/t21-/m1/s1. The molecule has 1 amide bonds. The number of aryl methyl sites for hydroxylation is 2. The van der Waals surface area contributed by atoms with Gasteiger partial charge in [-0.25, -0.2) is 4.39 Å². The summed E-state index contributed by atoms with van der Waals surface area (Å²) < 4.78 is 18.9. The Morgan fingerprint density at radius 2 is 1.85 bits per heavy atom. The second kappa shape index (κ2) is 8.84. The van der Waals surface area contributed by atoms with Gasteiger partial charge in [-0.3, -0.25) is 4.79 Å². The molecule has 0 saturated heterocycles. The number of hydrogen-bond donors (Lipinski definition) is 1. The van der Waals surface area contributed by atoms with Gasteiger partial charge in [0, 0.05) is 6.54 Å². The average molecular weight is 355 g/mol. The van der Waals surface area contributed by atoms with Gasteiger partial charge in [0.1, 0.15) is 11.6 Å². The largest absolute Gasteiger partial charge is 0.481 e. The van der Waals surface area contributed by atoms with Crippen LogP contribution in [0.4, 0.5) is 4.39 Å². The monoisotopic (exact) mass is 355 g/mol. The van der Waals surface area contributed by atoms with Gasteiger partial charge in [-0.2, -0.15) is 0 Å². The summed E-state index contributed by atoms with van der Waals surface area (Å²) in [7, 11) is 0. The Hall–Kier alpha value is -2.36. The summed E-state index contributed by atoms with van der Waals surface area (Å²) in [6.07, 6.45) is 5.48. The van der Waals surface area contributed by atoms with Crippen LogP contribution >= 0.6 is 0 Å². The highest BCUT2D eigenvalue weighted by Crippen LogP contribution is 2.26. The highest BCUT2D eigenvalue weighted by molar-refractivity contribution is 5.81. The van der Waals surface area contributed by atoms with Gasteiger partial charge in [-0.1, -0.05) is 25.1 Å². The van der Waals surface area contributed by atoms with Crippen LogP contribution in [0, 0.1) is 5.82 Å². The van der Waals surface area contributed by atoms with E-state index in [1.807, 2.05) is 13.0 Å². The zero-order valence-electron chi connectivity index (χ0n) is 15.3. The molecule has 0 aromatic heterocycles. The molecule has 4 heteroatoms. The minimum atomic E-state index is -0.496. The molecular formula is C22H26FNO2. The molecule has 0 spiro atoms. The molecule has 0 unspecified atom stereocenters. The highest BCUT2D eigenvalue weighted by atomic mass is 19.1. The van der Waals surface area contributed by atoms with Crippen molar-refractivity contribution < 1.29 is 13.9 Å². The third-order valence-electron chi connectivity index (χ3n) is 4.89. The Kier molecular flexibility index (Phi) is 6.26. The summed E-state index contributed by atoms with van der Waals surface area (Å²) in [4.78, 5) is 12.4. The quantitative estimate of drug-likeness (QED) is 0.807. The van der Waals surface area contributed by atoms with Gasteiger partial charge >= 0.3 is 0 Å². The van der Waals surface area contributed by atoms with Crippen LogP contribution in [-0.2, 0) is 24.1 Å². The van der Waals surface area contributed by atoms with E-state index in [9.17, 15) is 9.18 Å². The molecule has 0 heterocycles. The topological polar surface area (TPSA) is 38.3 Å². The second-order valence-electron chi connectivity index (χ2n) is 6.82. The molecule has 1 aliphatic carbocycles. The smallest absolute Gasteiger partial charge is 0.261 e. The number of carbonyl (C=O) groups excluding carboxylic acids is 1. The van der Waals surface area contributed by atoms with E-state index in [1.54, 1.807) is 12.1 Å². The number of nitrogens with one attached hydrogen (secondary N) is 1. The van der Waals surface area contributed by atoms with Crippen LogP contribution in [-0.4, -0.2) is 18.6 Å². The van der Waals surface area contributed by atoms with Crippen molar-refractivity contribution in [3.8, 4) is 5.75 Å². The fourth-order valence-corrected chi connectivity index (χ4v) is 3.36. The van der Waals surface area contributed by atoms with E-state index in [0.29, 0.717) is 19.4 Å². The van der Waals surface area contributed by atoms with Crippen LogP contribution < -0.4 is 10.1 Å². The van der Waals surface area contributed by atoms with Gasteiger partial charge in [0.15, 0.2) is 6.10 Å². The van der Waals surface area contributed by atoms with E-state index in [1.165, 1.54) is 36.1 Å². The predicted octanol–water partition coefficient (Wildman–Crippen LogP) is 4.22. The molecule has 0 fully saturated rings. The molecule has 0 radical (unpaired) electrons. The van der Waals surface area contributed by atoms with Crippen molar-refractivity contribution >= 4 is 5.91 Å². The lowest BCUT2D eigenvalue weighted by molar-refractivity contribution is -0.128. The van der Waals surface area contributed by atoms with Crippen molar-refractivity contribution in [2.45, 2.75) is 51.6 Å². The fourth-order valence-electron chi connectivity index (χ4n) is 3.36. The van der Waals surface area contributed by atoms with Gasteiger partial charge < -0.3 is 10.1 Å². The Labute approximate surface area is 154 Å². The molecule has 1 N–H and O–H groups in total. The molecule has 2 aromatic carbocycles. The Bertz CT molecular complexity index is 742. The average Bonchev–Trinajstić information content (AvgIpc) is 2.67.